The molecule has 3 aromatic rings. The number of methoxy groups -OCH3 is 2. The lowest BCUT2D eigenvalue weighted by molar-refractivity contribution is -0.120. The van der Waals surface area contributed by atoms with Gasteiger partial charge in [0.2, 0.25) is 5.91 Å². The van der Waals surface area contributed by atoms with Gasteiger partial charge < -0.3 is 19.2 Å². The summed E-state index contributed by atoms with van der Waals surface area (Å²) < 4.78 is 15.5. The number of carbonyl (C=O) groups excluding carboxylic acids is 1. The number of hydrogen-bond acceptors (Lipinski definition) is 5. The second kappa shape index (κ2) is 8.20. The van der Waals surface area contributed by atoms with Gasteiger partial charge in [-0.15, -0.1) is 0 Å². The molecule has 26 heavy (non-hydrogen) atoms. The highest BCUT2D eigenvalue weighted by Crippen LogP contribution is 2.27. The molecule has 6 heteroatoms. The molecule has 0 aliphatic carbocycles. The number of carbonyl (C=O) groups is 1. The summed E-state index contributed by atoms with van der Waals surface area (Å²) in [4.78, 5) is 16.6. The van der Waals surface area contributed by atoms with Gasteiger partial charge in [0.25, 0.3) is 0 Å². The zero-order chi connectivity index (χ0) is 18.4. The van der Waals surface area contributed by atoms with Crippen molar-refractivity contribution in [3.63, 3.8) is 0 Å². The highest BCUT2D eigenvalue weighted by molar-refractivity contribution is 5.78. The van der Waals surface area contributed by atoms with E-state index in [1.165, 1.54) is 0 Å². The van der Waals surface area contributed by atoms with Crippen molar-refractivity contribution in [1.82, 2.24) is 10.3 Å². The van der Waals surface area contributed by atoms with Crippen molar-refractivity contribution in [2.24, 2.45) is 0 Å². The Labute approximate surface area is 151 Å². The van der Waals surface area contributed by atoms with Gasteiger partial charge >= 0.3 is 0 Å². The van der Waals surface area contributed by atoms with E-state index in [0.29, 0.717) is 18.0 Å². The van der Waals surface area contributed by atoms with Crippen molar-refractivity contribution in [3.05, 3.63) is 66.2 Å². The summed E-state index contributed by atoms with van der Waals surface area (Å²) in [5.74, 6) is 1.17. The van der Waals surface area contributed by atoms with Crippen molar-refractivity contribution in [2.75, 3.05) is 14.2 Å². The monoisotopic (exact) mass is 352 g/mol. The van der Waals surface area contributed by atoms with Gasteiger partial charge in [0.05, 0.1) is 38.9 Å². The summed E-state index contributed by atoms with van der Waals surface area (Å²) in [6.45, 7) is 0.421. The fourth-order valence-electron chi connectivity index (χ4n) is 2.55. The van der Waals surface area contributed by atoms with Gasteiger partial charge in [-0.1, -0.05) is 12.1 Å². The Morgan fingerprint density at radius 3 is 2.54 bits per heavy atom. The van der Waals surface area contributed by atoms with Gasteiger partial charge in [-0.05, 0) is 35.4 Å². The maximum Gasteiger partial charge on any atom is 0.224 e. The van der Waals surface area contributed by atoms with Crippen molar-refractivity contribution < 1.29 is 18.7 Å². The molecule has 134 valence electrons. The van der Waals surface area contributed by atoms with Crippen molar-refractivity contribution >= 4 is 5.91 Å². The van der Waals surface area contributed by atoms with E-state index < -0.39 is 0 Å². The molecular formula is C20H20N2O4. The Hall–Kier alpha value is -3.28. The van der Waals surface area contributed by atoms with Crippen LogP contribution in [-0.2, 0) is 17.8 Å². The lowest BCUT2D eigenvalue weighted by Crippen LogP contribution is -2.24. The van der Waals surface area contributed by atoms with E-state index in [2.05, 4.69) is 10.3 Å². The van der Waals surface area contributed by atoms with E-state index in [9.17, 15) is 4.79 Å². The molecule has 2 aromatic heterocycles. The van der Waals surface area contributed by atoms with Gasteiger partial charge in [-0.25, -0.2) is 0 Å². The van der Waals surface area contributed by atoms with E-state index in [-0.39, 0.29) is 12.3 Å². The van der Waals surface area contributed by atoms with Crippen LogP contribution in [0.15, 0.2) is 59.5 Å². The second-order valence-electron chi connectivity index (χ2n) is 5.71. The number of aromatic nitrogens is 1. The largest absolute Gasteiger partial charge is 0.493 e. The average molecular weight is 352 g/mol. The van der Waals surface area contributed by atoms with Crippen LogP contribution in [0.25, 0.3) is 11.3 Å². The number of nitrogens with zero attached hydrogens (tertiary/aromatic N) is 1. The molecule has 0 fully saturated rings. The Kier molecular flexibility index (Phi) is 5.53. The number of ether oxygens (including phenoxy) is 2. The normalized spacial score (nSPS) is 10.4. The predicted molar refractivity (Wildman–Crippen MR) is 97.0 cm³/mol. The third-order valence-corrected chi connectivity index (χ3v) is 3.94. The topological polar surface area (TPSA) is 73.6 Å². The molecule has 0 saturated carbocycles. The van der Waals surface area contributed by atoms with Crippen LogP contribution >= 0.6 is 0 Å². The summed E-state index contributed by atoms with van der Waals surface area (Å²) in [6, 6.07) is 11.1. The smallest absolute Gasteiger partial charge is 0.224 e. The van der Waals surface area contributed by atoms with Crippen molar-refractivity contribution in [2.45, 2.75) is 13.0 Å². The fourth-order valence-corrected chi connectivity index (χ4v) is 2.55. The van der Waals surface area contributed by atoms with Crippen LogP contribution in [0.2, 0.25) is 0 Å². The predicted octanol–water partition coefficient (Wildman–Crippen LogP) is 3.22. The van der Waals surface area contributed by atoms with Crippen molar-refractivity contribution in [3.8, 4) is 22.8 Å². The van der Waals surface area contributed by atoms with Gasteiger partial charge in [-0.3, -0.25) is 9.78 Å². The molecule has 1 amide bonds. The highest BCUT2D eigenvalue weighted by atomic mass is 16.5. The zero-order valence-corrected chi connectivity index (χ0v) is 14.7. The molecule has 0 aliphatic heterocycles. The van der Waals surface area contributed by atoms with E-state index in [0.717, 1.165) is 22.4 Å². The van der Waals surface area contributed by atoms with Crippen LogP contribution in [0.3, 0.4) is 0 Å². The van der Waals surface area contributed by atoms with E-state index in [1.54, 1.807) is 45.1 Å². The molecule has 0 aliphatic rings. The molecule has 0 bridgehead atoms. The molecule has 0 radical (unpaired) electrons. The number of rotatable bonds is 7. The number of pyridine rings is 1. The summed E-state index contributed by atoms with van der Waals surface area (Å²) in [5, 5.41) is 2.90. The van der Waals surface area contributed by atoms with Gasteiger partial charge in [0, 0.05) is 18.3 Å². The standard InChI is InChI=1S/C20H20N2O4/c1-24-18-6-4-14(9-19(18)25-2)10-20(23)22-12-15-3-5-17(21-11-15)16-7-8-26-13-16/h3-9,11,13H,10,12H2,1-2H3,(H,22,23). The zero-order valence-electron chi connectivity index (χ0n) is 14.7. The summed E-state index contributed by atoms with van der Waals surface area (Å²) in [5.41, 5.74) is 3.54. The lowest BCUT2D eigenvalue weighted by atomic mass is 10.1. The number of benzene rings is 1. The quantitative estimate of drug-likeness (QED) is 0.707. The van der Waals surface area contributed by atoms with E-state index >= 15 is 0 Å². The third-order valence-electron chi connectivity index (χ3n) is 3.94. The van der Waals surface area contributed by atoms with Crippen LogP contribution < -0.4 is 14.8 Å². The molecule has 6 nitrogen and oxygen atoms in total. The first-order chi connectivity index (χ1) is 12.7. The molecule has 1 N–H and O–H groups in total. The Morgan fingerprint density at radius 1 is 1.08 bits per heavy atom. The maximum absolute atomic E-state index is 12.2. The SMILES string of the molecule is COc1ccc(CC(=O)NCc2ccc(-c3ccoc3)nc2)cc1OC. The van der Waals surface area contributed by atoms with Crippen molar-refractivity contribution in [1.29, 1.82) is 0 Å². The molecule has 2 heterocycles. The van der Waals surface area contributed by atoms with Crippen LogP contribution in [0.1, 0.15) is 11.1 Å². The minimum atomic E-state index is -0.0730. The van der Waals surface area contributed by atoms with Gasteiger partial charge in [0.1, 0.15) is 0 Å². The summed E-state index contributed by atoms with van der Waals surface area (Å²) in [6.07, 6.45) is 5.27. The molecule has 3 rings (SSSR count). The molecule has 0 unspecified atom stereocenters. The molecule has 0 spiro atoms. The summed E-state index contributed by atoms with van der Waals surface area (Å²) >= 11 is 0. The number of amides is 1. The number of hydrogen-bond donors (Lipinski definition) is 1. The Balaban J connectivity index is 1.55. The van der Waals surface area contributed by atoms with Crippen LogP contribution in [-0.4, -0.2) is 25.1 Å². The molecule has 1 aromatic carbocycles. The second-order valence-corrected chi connectivity index (χ2v) is 5.71. The number of furan rings is 1. The van der Waals surface area contributed by atoms with Crippen LogP contribution in [0, 0.1) is 0 Å². The minimum absolute atomic E-state index is 0.0730. The van der Waals surface area contributed by atoms with Crippen LogP contribution in [0.5, 0.6) is 11.5 Å². The third kappa shape index (κ3) is 4.22. The molecule has 0 atom stereocenters. The first-order valence-electron chi connectivity index (χ1n) is 8.14. The highest BCUT2D eigenvalue weighted by Gasteiger charge is 2.09. The molecular weight excluding hydrogens is 332 g/mol. The Morgan fingerprint density at radius 2 is 1.88 bits per heavy atom. The van der Waals surface area contributed by atoms with E-state index in [1.807, 2.05) is 24.3 Å². The van der Waals surface area contributed by atoms with E-state index in [4.69, 9.17) is 13.9 Å². The fraction of sp³-hybridized carbons (Fsp3) is 0.200. The maximum atomic E-state index is 12.2. The number of nitrogens with one attached hydrogen (secondary N) is 1. The van der Waals surface area contributed by atoms with Gasteiger partial charge in [-0.2, -0.15) is 0 Å². The summed E-state index contributed by atoms with van der Waals surface area (Å²) in [7, 11) is 3.15. The first-order valence-corrected chi connectivity index (χ1v) is 8.14. The minimum Gasteiger partial charge on any atom is -0.493 e. The molecule has 0 saturated heterocycles. The lowest BCUT2D eigenvalue weighted by Gasteiger charge is -2.10. The Bertz CT molecular complexity index is 858. The van der Waals surface area contributed by atoms with Gasteiger partial charge in [0.15, 0.2) is 11.5 Å². The average Bonchev–Trinajstić information content (AvgIpc) is 3.21. The van der Waals surface area contributed by atoms with Crippen LogP contribution in [0.4, 0.5) is 0 Å². The first kappa shape index (κ1) is 17.5.